The van der Waals surface area contributed by atoms with Gasteiger partial charge < -0.3 is 0 Å². The Morgan fingerprint density at radius 2 is 2.10 bits per heavy atom. The summed E-state index contributed by atoms with van der Waals surface area (Å²) in [6, 6.07) is 8.46. The quantitative estimate of drug-likeness (QED) is 0.699. The van der Waals surface area contributed by atoms with Crippen molar-refractivity contribution in [1.29, 1.82) is 0 Å². The topological polar surface area (TPSA) is 0 Å². The third kappa shape index (κ3) is 3.27. The summed E-state index contributed by atoms with van der Waals surface area (Å²) in [5.41, 5.74) is 1.43. The van der Waals surface area contributed by atoms with Crippen LogP contribution in [0.5, 0.6) is 0 Å². The minimum atomic E-state index is 0. The Morgan fingerprint density at radius 1 is 1.40 bits per heavy atom. The van der Waals surface area contributed by atoms with E-state index < -0.39 is 0 Å². The molecule has 1 aromatic carbocycles. The molecule has 0 nitrogen and oxygen atoms in total. The standard InChI is InChI=1S/C7H6Br.BrH.Zn/c1-6-3-2-4-7(8)5-6;;/h2-5H,1H2;1H;. The van der Waals surface area contributed by atoms with Gasteiger partial charge in [0.05, 0.1) is 0 Å². The molecule has 0 fully saturated rings. The monoisotopic (exact) mass is 313 g/mol. The summed E-state index contributed by atoms with van der Waals surface area (Å²) in [7, 11) is 0. The fraction of sp³-hybridized carbons (Fsp3) is 0.143. The Bertz CT molecular complexity index is 201. The van der Waals surface area contributed by atoms with Gasteiger partial charge in [-0.05, 0) is 0 Å². The molecule has 0 saturated carbocycles. The maximum absolute atomic E-state index is 3.42. The molecule has 0 saturated heterocycles. The van der Waals surface area contributed by atoms with Crippen LogP contribution in [0.15, 0.2) is 28.7 Å². The molecule has 10 heavy (non-hydrogen) atoms. The molecule has 0 aromatic heterocycles. The van der Waals surface area contributed by atoms with Crippen LogP contribution in [0.4, 0.5) is 0 Å². The van der Waals surface area contributed by atoms with E-state index in [1.54, 1.807) is 0 Å². The SMILES string of the molecule is Br.[Zn][CH2]c1cccc(Br)c1. The number of halogens is 2. The normalized spacial score (nSPS) is 8.70. The molecule has 51 valence electrons. The molecule has 0 radical (unpaired) electrons. The predicted molar refractivity (Wildman–Crippen MR) is 48.2 cm³/mol. The molecule has 0 spiro atoms. The van der Waals surface area contributed by atoms with Crippen LogP contribution in [0.3, 0.4) is 0 Å². The molecular weight excluding hydrogens is 309 g/mol. The first-order chi connectivity index (χ1) is 4.33. The molecule has 3 heteroatoms. The summed E-state index contributed by atoms with van der Waals surface area (Å²) < 4.78 is 1.19. The first-order valence-corrected chi connectivity index (χ1v) is 5.75. The molecule has 0 N–H and O–H groups in total. The van der Waals surface area contributed by atoms with Crippen LogP contribution in [0.2, 0.25) is 0 Å². The van der Waals surface area contributed by atoms with Crippen molar-refractivity contribution in [1.82, 2.24) is 0 Å². The van der Waals surface area contributed by atoms with Crippen LogP contribution in [0, 0.1) is 0 Å². The van der Waals surface area contributed by atoms with E-state index in [0.717, 1.165) is 0 Å². The Labute approximate surface area is 90.0 Å². The summed E-state index contributed by atoms with van der Waals surface area (Å²) in [6.07, 6.45) is 0. The third-order valence-electron chi connectivity index (χ3n) is 1.18. The second-order valence-electron chi connectivity index (χ2n) is 1.88. The van der Waals surface area contributed by atoms with Crippen molar-refractivity contribution in [2.45, 2.75) is 5.02 Å². The maximum atomic E-state index is 3.42. The van der Waals surface area contributed by atoms with Crippen molar-refractivity contribution in [3.63, 3.8) is 0 Å². The van der Waals surface area contributed by atoms with Gasteiger partial charge in [-0.15, -0.1) is 17.0 Å². The number of benzene rings is 1. The first-order valence-electron chi connectivity index (χ1n) is 2.86. The zero-order valence-corrected chi connectivity index (χ0v) is 11.8. The third-order valence-corrected chi connectivity index (χ3v) is 2.88. The molecule has 0 aliphatic heterocycles. The summed E-state index contributed by atoms with van der Waals surface area (Å²) >= 11 is 4.76. The average molecular weight is 316 g/mol. The van der Waals surface area contributed by atoms with E-state index in [2.05, 4.69) is 40.2 Å². The van der Waals surface area contributed by atoms with Gasteiger partial charge in [-0.25, -0.2) is 0 Å². The van der Waals surface area contributed by atoms with E-state index in [4.69, 9.17) is 0 Å². The first kappa shape index (κ1) is 10.8. The molecule has 0 unspecified atom stereocenters. The van der Waals surface area contributed by atoms with Gasteiger partial charge >= 0.3 is 73.5 Å². The van der Waals surface area contributed by atoms with Gasteiger partial charge in [0.1, 0.15) is 0 Å². The van der Waals surface area contributed by atoms with Crippen LogP contribution in [-0.4, -0.2) is 0 Å². The van der Waals surface area contributed by atoms with E-state index in [0.29, 0.717) is 0 Å². The van der Waals surface area contributed by atoms with E-state index in [9.17, 15) is 0 Å². The Balaban J connectivity index is 0.000000810. The van der Waals surface area contributed by atoms with Gasteiger partial charge in [0.2, 0.25) is 0 Å². The molecular formula is C7H7Br2Zn. The molecule has 0 aliphatic carbocycles. The summed E-state index contributed by atoms with van der Waals surface area (Å²) in [4.78, 5) is 0. The molecule has 0 atom stereocenters. The van der Waals surface area contributed by atoms with Crippen LogP contribution in [-0.2, 0) is 23.3 Å². The Kier molecular flexibility index (Phi) is 5.89. The van der Waals surface area contributed by atoms with Gasteiger partial charge in [0, 0.05) is 0 Å². The van der Waals surface area contributed by atoms with E-state index >= 15 is 0 Å². The molecule has 1 rings (SSSR count). The van der Waals surface area contributed by atoms with Crippen molar-refractivity contribution in [2.24, 2.45) is 0 Å². The number of rotatable bonds is 1. The zero-order valence-electron chi connectivity index (χ0n) is 5.51. The molecule has 0 heterocycles. The van der Waals surface area contributed by atoms with Gasteiger partial charge in [0.15, 0.2) is 0 Å². The molecule has 0 aliphatic rings. The number of hydrogen-bond acceptors (Lipinski definition) is 0. The molecule has 0 bridgehead atoms. The van der Waals surface area contributed by atoms with E-state index in [1.807, 2.05) is 0 Å². The predicted octanol–water partition coefficient (Wildman–Crippen LogP) is 3.07. The summed E-state index contributed by atoms with van der Waals surface area (Å²) in [5.74, 6) is 0. The van der Waals surface area contributed by atoms with Crippen molar-refractivity contribution >= 4 is 32.9 Å². The fourth-order valence-electron chi connectivity index (χ4n) is 0.692. The zero-order chi connectivity index (χ0) is 6.69. The number of hydrogen-bond donors (Lipinski definition) is 0. The average Bonchev–Trinajstić information content (AvgIpc) is 1.88. The fourth-order valence-corrected chi connectivity index (χ4v) is 1.79. The molecule has 0 amide bonds. The van der Waals surface area contributed by atoms with Gasteiger partial charge in [-0.1, -0.05) is 0 Å². The van der Waals surface area contributed by atoms with Gasteiger partial charge in [0.25, 0.3) is 0 Å². The van der Waals surface area contributed by atoms with Crippen LogP contribution >= 0.6 is 32.9 Å². The van der Waals surface area contributed by atoms with Gasteiger partial charge in [-0.3, -0.25) is 0 Å². The van der Waals surface area contributed by atoms with Crippen LogP contribution in [0.25, 0.3) is 0 Å². The van der Waals surface area contributed by atoms with Crippen molar-refractivity contribution in [2.75, 3.05) is 0 Å². The second kappa shape index (κ2) is 5.45. The van der Waals surface area contributed by atoms with E-state index in [-0.39, 0.29) is 17.0 Å². The van der Waals surface area contributed by atoms with Gasteiger partial charge in [-0.2, -0.15) is 0 Å². The summed E-state index contributed by atoms with van der Waals surface area (Å²) in [6.45, 7) is 0. The van der Waals surface area contributed by atoms with E-state index in [1.165, 1.54) is 33.4 Å². The minimum absolute atomic E-state index is 0. The van der Waals surface area contributed by atoms with Crippen LogP contribution < -0.4 is 0 Å². The van der Waals surface area contributed by atoms with Crippen LogP contribution in [0.1, 0.15) is 5.56 Å². The second-order valence-corrected chi connectivity index (χ2v) is 3.84. The van der Waals surface area contributed by atoms with Crippen molar-refractivity contribution < 1.29 is 18.3 Å². The Hall–Kier alpha value is 0.803. The summed E-state index contributed by atoms with van der Waals surface area (Å²) in [5, 5.41) is 1.24. The van der Waals surface area contributed by atoms with Crippen molar-refractivity contribution in [3.05, 3.63) is 34.3 Å². The Morgan fingerprint density at radius 3 is 2.50 bits per heavy atom. The molecule has 1 aromatic rings. The van der Waals surface area contributed by atoms with Crippen molar-refractivity contribution in [3.8, 4) is 0 Å².